The highest BCUT2D eigenvalue weighted by Gasteiger charge is 2.24. The molecule has 0 aliphatic carbocycles. The number of benzene rings is 3. The molecular formula is C30H29ClN2O6. The number of phenolic OH excluding ortho intramolecular Hbond substituents is 1. The second-order valence-corrected chi connectivity index (χ2v) is 10.1. The molecule has 8 nitrogen and oxygen atoms in total. The maximum Gasteiger partial charge on any atom is 0.197 e. The number of piperazine rings is 1. The smallest absolute Gasteiger partial charge is 0.197 e. The Hall–Kier alpha value is -3.88. The number of phenols is 1. The minimum absolute atomic E-state index is 0.149. The van der Waals surface area contributed by atoms with Gasteiger partial charge in [0, 0.05) is 67.6 Å². The van der Waals surface area contributed by atoms with Gasteiger partial charge in [-0.3, -0.25) is 9.69 Å². The monoisotopic (exact) mass is 548 g/mol. The summed E-state index contributed by atoms with van der Waals surface area (Å²) in [4.78, 5) is 17.3. The first-order chi connectivity index (χ1) is 19.0. The van der Waals surface area contributed by atoms with E-state index in [0.29, 0.717) is 47.7 Å². The third-order valence-corrected chi connectivity index (χ3v) is 7.25. The second-order valence-electron chi connectivity index (χ2n) is 9.64. The molecule has 1 saturated heterocycles. The Morgan fingerprint density at radius 1 is 0.949 bits per heavy atom. The van der Waals surface area contributed by atoms with E-state index < -0.39 is 0 Å². The normalized spacial score (nSPS) is 15.5. The van der Waals surface area contributed by atoms with Crippen LogP contribution in [0, 0.1) is 0 Å². The van der Waals surface area contributed by atoms with Crippen molar-refractivity contribution in [2.45, 2.75) is 6.42 Å². The van der Waals surface area contributed by atoms with Crippen LogP contribution in [0.15, 0.2) is 69.9 Å². The number of anilines is 1. The molecule has 39 heavy (non-hydrogen) atoms. The van der Waals surface area contributed by atoms with E-state index in [1.54, 1.807) is 12.1 Å². The standard InChI is InChI=1S/C30H29ClN2O6/c31-21-15-23(30-28(16-21)37-13-14-38-30)33-10-8-32(9-11-33)7-4-12-36-22-17-24(34)29-25(35)19-26(39-27(29)18-22)20-5-2-1-3-6-20/h1-3,5-6,15-19,34H,4,7-14H2. The predicted octanol–water partition coefficient (Wildman–Crippen LogP) is 5.18. The molecule has 3 heterocycles. The average molecular weight is 549 g/mol. The van der Waals surface area contributed by atoms with E-state index >= 15 is 0 Å². The molecule has 4 aromatic rings. The van der Waals surface area contributed by atoms with Gasteiger partial charge in [-0.2, -0.15) is 0 Å². The third-order valence-electron chi connectivity index (χ3n) is 7.03. The molecule has 0 saturated carbocycles. The molecular weight excluding hydrogens is 520 g/mol. The van der Waals surface area contributed by atoms with Crippen molar-refractivity contribution in [3.05, 3.63) is 75.9 Å². The highest BCUT2D eigenvalue weighted by molar-refractivity contribution is 6.31. The molecule has 1 fully saturated rings. The van der Waals surface area contributed by atoms with Gasteiger partial charge in [0.1, 0.15) is 41.4 Å². The van der Waals surface area contributed by atoms with Crippen LogP contribution in [0.3, 0.4) is 0 Å². The van der Waals surface area contributed by atoms with Gasteiger partial charge in [-0.1, -0.05) is 41.9 Å². The molecule has 0 atom stereocenters. The predicted molar refractivity (Wildman–Crippen MR) is 151 cm³/mol. The van der Waals surface area contributed by atoms with Gasteiger partial charge >= 0.3 is 0 Å². The SMILES string of the molecule is O=c1cc(-c2ccccc2)oc2cc(OCCCN3CCN(c4cc(Cl)cc5c4OCCO5)CC3)cc(O)c12. The van der Waals surface area contributed by atoms with Gasteiger partial charge in [0.25, 0.3) is 0 Å². The van der Waals surface area contributed by atoms with E-state index in [4.69, 9.17) is 30.2 Å². The van der Waals surface area contributed by atoms with Crippen molar-refractivity contribution >= 4 is 28.3 Å². The summed E-state index contributed by atoms with van der Waals surface area (Å²) in [5, 5.41) is 11.3. The van der Waals surface area contributed by atoms with Crippen LogP contribution in [0.25, 0.3) is 22.3 Å². The molecule has 1 aromatic heterocycles. The van der Waals surface area contributed by atoms with Crippen molar-refractivity contribution in [2.75, 3.05) is 57.4 Å². The van der Waals surface area contributed by atoms with Crippen LogP contribution in [-0.4, -0.2) is 62.6 Å². The molecule has 0 unspecified atom stereocenters. The number of fused-ring (bicyclic) bond motifs is 2. The van der Waals surface area contributed by atoms with E-state index in [9.17, 15) is 9.90 Å². The molecule has 1 N–H and O–H groups in total. The third kappa shape index (κ3) is 5.48. The maximum atomic E-state index is 12.7. The topological polar surface area (TPSA) is 84.6 Å². The lowest BCUT2D eigenvalue weighted by Crippen LogP contribution is -2.47. The van der Waals surface area contributed by atoms with Crippen LogP contribution in [-0.2, 0) is 0 Å². The van der Waals surface area contributed by atoms with Crippen LogP contribution in [0.2, 0.25) is 5.02 Å². The lowest BCUT2D eigenvalue weighted by Gasteiger charge is -2.37. The molecule has 9 heteroatoms. The van der Waals surface area contributed by atoms with E-state index in [0.717, 1.165) is 56.1 Å². The number of rotatable bonds is 7. The number of ether oxygens (including phenoxy) is 3. The Morgan fingerprint density at radius 2 is 1.74 bits per heavy atom. The Balaban J connectivity index is 1.05. The number of nitrogens with zero attached hydrogens (tertiary/aromatic N) is 2. The van der Waals surface area contributed by atoms with Crippen molar-refractivity contribution in [1.82, 2.24) is 4.90 Å². The second kappa shape index (κ2) is 11.1. The zero-order chi connectivity index (χ0) is 26.8. The van der Waals surface area contributed by atoms with E-state index in [1.807, 2.05) is 36.4 Å². The van der Waals surface area contributed by atoms with Gasteiger partial charge in [0.15, 0.2) is 16.9 Å². The summed E-state index contributed by atoms with van der Waals surface area (Å²) in [6.45, 7) is 5.96. The number of hydrogen-bond donors (Lipinski definition) is 1. The molecule has 2 aliphatic heterocycles. The first kappa shape index (κ1) is 25.4. The van der Waals surface area contributed by atoms with Crippen molar-refractivity contribution in [2.24, 2.45) is 0 Å². The van der Waals surface area contributed by atoms with Crippen LogP contribution in [0.5, 0.6) is 23.0 Å². The van der Waals surface area contributed by atoms with Crippen LogP contribution >= 0.6 is 11.6 Å². The minimum Gasteiger partial charge on any atom is -0.507 e. The summed E-state index contributed by atoms with van der Waals surface area (Å²) in [7, 11) is 0. The fraction of sp³-hybridized carbons (Fsp3) is 0.300. The first-order valence-corrected chi connectivity index (χ1v) is 13.5. The van der Waals surface area contributed by atoms with E-state index in [-0.39, 0.29) is 16.6 Å². The summed E-state index contributed by atoms with van der Waals surface area (Å²) < 4.78 is 23.5. The first-order valence-electron chi connectivity index (χ1n) is 13.1. The summed E-state index contributed by atoms with van der Waals surface area (Å²) in [5.41, 5.74) is 1.78. The van der Waals surface area contributed by atoms with Gasteiger partial charge < -0.3 is 28.6 Å². The van der Waals surface area contributed by atoms with Crippen molar-refractivity contribution in [3.8, 4) is 34.3 Å². The van der Waals surface area contributed by atoms with Crippen molar-refractivity contribution < 1.29 is 23.7 Å². The average Bonchev–Trinajstić information content (AvgIpc) is 2.95. The Kier molecular flexibility index (Phi) is 7.22. The number of hydrogen-bond acceptors (Lipinski definition) is 8. The molecule has 0 bridgehead atoms. The number of halogens is 1. The fourth-order valence-corrected chi connectivity index (χ4v) is 5.30. The molecule has 3 aromatic carbocycles. The summed E-state index contributed by atoms with van der Waals surface area (Å²) in [6.07, 6.45) is 0.816. The Bertz CT molecular complexity index is 1530. The van der Waals surface area contributed by atoms with Crippen LogP contribution in [0.4, 0.5) is 5.69 Å². The summed E-state index contributed by atoms with van der Waals surface area (Å²) >= 11 is 6.33. The molecule has 202 valence electrons. The van der Waals surface area contributed by atoms with Crippen LogP contribution < -0.4 is 24.5 Å². The lowest BCUT2D eigenvalue weighted by molar-refractivity contribution is 0.171. The quantitative estimate of drug-likeness (QED) is 0.316. The van der Waals surface area contributed by atoms with Gasteiger partial charge in [0.05, 0.1) is 12.3 Å². The summed E-state index contributed by atoms with van der Waals surface area (Å²) in [6, 6.07) is 17.7. The van der Waals surface area contributed by atoms with Crippen molar-refractivity contribution in [1.29, 1.82) is 0 Å². The van der Waals surface area contributed by atoms with Crippen LogP contribution in [0.1, 0.15) is 6.42 Å². The van der Waals surface area contributed by atoms with E-state index in [1.165, 1.54) is 12.1 Å². The van der Waals surface area contributed by atoms with Crippen molar-refractivity contribution in [3.63, 3.8) is 0 Å². The fourth-order valence-electron chi connectivity index (χ4n) is 5.10. The Morgan fingerprint density at radius 3 is 2.56 bits per heavy atom. The number of aromatic hydroxyl groups is 1. The van der Waals surface area contributed by atoms with Gasteiger partial charge in [-0.25, -0.2) is 0 Å². The Labute approximate surface area is 230 Å². The molecule has 0 amide bonds. The molecule has 6 rings (SSSR count). The molecule has 0 radical (unpaired) electrons. The minimum atomic E-state index is -0.296. The zero-order valence-electron chi connectivity index (χ0n) is 21.4. The van der Waals surface area contributed by atoms with Gasteiger partial charge in [-0.15, -0.1) is 0 Å². The lowest BCUT2D eigenvalue weighted by atomic mass is 10.1. The van der Waals surface area contributed by atoms with Gasteiger partial charge in [-0.05, 0) is 12.5 Å². The summed E-state index contributed by atoms with van der Waals surface area (Å²) in [5.74, 6) is 2.24. The maximum absolute atomic E-state index is 12.7. The molecule has 2 aliphatic rings. The molecule has 0 spiro atoms. The van der Waals surface area contributed by atoms with Gasteiger partial charge in [0.2, 0.25) is 0 Å². The highest BCUT2D eigenvalue weighted by Crippen LogP contribution is 2.42. The highest BCUT2D eigenvalue weighted by atomic mass is 35.5. The largest absolute Gasteiger partial charge is 0.507 e. The van der Waals surface area contributed by atoms with E-state index in [2.05, 4.69) is 9.80 Å². The zero-order valence-corrected chi connectivity index (χ0v) is 22.2.